The lowest BCUT2D eigenvalue weighted by molar-refractivity contribution is -0.120. The van der Waals surface area contributed by atoms with Gasteiger partial charge in [0.2, 0.25) is 0 Å². The van der Waals surface area contributed by atoms with Gasteiger partial charge in [-0.3, -0.25) is 9.00 Å². The standard InChI is InChI=1S/C12H13BrO2S/c1-8-10(14)6-7-11(8)16(15)12-5-3-2-4-9(12)13/h2-5,8,11H,6-7H2,1H3. The third-order valence-electron chi connectivity index (χ3n) is 3.07. The lowest BCUT2D eigenvalue weighted by Crippen LogP contribution is -2.21. The molecule has 1 saturated carbocycles. The van der Waals surface area contributed by atoms with Gasteiger partial charge in [0.1, 0.15) is 5.78 Å². The molecule has 2 rings (SSSR count). The molecule has 3 unspecified atom stereocenters. The van der Waals surface area contributed by atoms with Crippen LogP contribution < -0.4 is 0 Å². The molecule has 0 spiro atoms. The van der Waals surface area contributed by atoms with Gasteiger partial charge in [0.25, 0.3) is 0 Å². The number of carbonyl (C=O) groups is 1. The van der Waals surface area contributed by atoms with Crippen LogP contribution in [0.15, 0.2) is 33.6 Å². The number of hydrogen-bond donors (Lipinski definition) is 0. The molecule has 0 radical (unpaired) electrons. The zero-order chi connectivity index (χ0) is 11.7. The van der Waals surface area contributed by atoms with Crippen molar-refractivity contribution >= 4 is 32.5 Å². The van der Waals surface area contributed by atoms with Crippen LogP contribution in [0.4, 0.5) is 0 Å². The zero-order valence-electron chi connectivity index (χ0n) is 8.98. The van der Waals surface area contributed by atoms with Crippen molar-refractivity contribution in [3.8, 4) is 0 Å². The summed E-state index contributed by atoms with van der Waals surface area (Å²) in [5.74, 6) is 0.165. The minimum absolute atomic E-state index is 0.0220. The van der Waals surface area contributed by atoms with Crippen molar-refractivity contribution in [1.82, 2.24) is 0 Å². The molecule has 3 atom stereocenters. The molecule has 2 nitrogen and oxygen atoms in total. The van der Waals surface area contributed by atoms with Crippen molar-refractivity contribution in [3.05, 3.63) is 28.7 Å². The van der Waals surface area contributed by atoms with Crippen LogP contribution in [0.2, 0.25) is 0 Å². The van der Waals surface area contributed by atoms with E-state index in [0.717, 1.165) is 15.8 Å². The van der Waals surface area contributed by atoms with Crippen LogP contribution in [-0.2, 0) is 15.6 Å². The molecule has 0 saturated heterocycles. The molecular formula is C12H13BrO2S. The second-order valence-corrected chi connectivity index (χ2v) is 6.55. The molecule has 0 heterocycles. The summed E-state index contributed by atoms with van der Waals surface area (Å²) >= 11 is 3.40. The van der Waals surface area contributed by atoms with E-state index >= 15 is 0 Å². The summed E-state index contributed by atoms with van der Waals surface area (Å²) in [7, 11) is -1.09. The van der Waals surface area contributed by atoms with Crippen LogP contribution in [0.25, 0.3) is 0 Å². The van der Waals surface area contributed by atoms with E-state index in [1.54, 1.807) is 0 Å². The van der Waals surface area contributed by atoms with E-state index in [1.165, 1.54) is 0 Å². The molecular weight excluding hydrogens is 288 g/mol. The van der Waals surface area contributed by atoms with Crippen molar-refractivity contribution in [2.45, 2.75) is 29.9 Å². The summed E-state index contributed by atoms with van der Waals surface area (Å²) in [6.45, 7) is 1.88. The predicted molar refractivity (Wildman–Crippen MR) is 67.7 cm³/mol. The van der Waals surface area contributed by atoms with Crippen molar-refractivity contribution in [2.24, 2.45) is 5.92 Å². The van der Waals surface area contributed by atoms with Crippen LogP contribution >= 0.6 is 15.9 Å². The monoisotopic (exact) mass is 300 g/mol. The average molecular weight is 301 g/mol. The van der Waals surface area contributed by atoms with Gasteiger partial charge in [-0.15, -0.1) is 0 Å². The first-order valence-corrected chi connectivity index (χ1v) is 7.29. The van der Waals surface area contributed by atoms with Gasteiger partial charge in [-0.2, -0.15) is 0 Å². The Labute approximate surface area is 106 Å². The number of halogens is 1. The van der Waals surface area contributed by atoms with Gasteiger partial charge >= 0.3 is 0 Å². The van der Waals surface area contributed by atoms with E-state index in [1.807, 2.05) is 31.2 Å². The molecule has 1 aromatic rings. The minimum Gasteiger partial charge on any atom is -0.299 e. The smallest absolute Gasteiger partial charge is 0.136 e. The van der Waals surface area contributed by atoms with Crippen molar-refractivity contribution in [1.29, 1.82) is 0 Å². The second kappa shape index (κ2) is 4.80. The van der Waals surface area contributed by atoms with Gasteiger partial charge in [0, 0.05) is 22.1 Å². The Hall–Kier alpha value is -0.480. The maximum atomic E-state index is 12.4. The van der Waals surface area contributed by atoms with E-state index in [0.29, 0.717) is 6.42 Å². The molecule has 1 aromatic carbocycles. The number of carbonyl (C=O) groups excluding carboxylic acids is 1. The summed E-state index contributed by atoms with van der Waals surface area (Å²) in [5.41, 5.74) is 0. The van der Waals surface area contributed by atoms with Crippen molar-refractivity contribution in [2.75, 3.05) is 0 Å². The van der Waals surface area contributed by atoms with E-state index in [2.05, 4.69) is 15.9 Å². The molecule has 86 valence electrons. The normalized spacial score (nSPS) is 27.0. The third kappa shape index (κ3) is 2.13. The van der Waals surface area contributed by atoms with Gasteiger partial charge in [-0.25, -0.2) is 0 Å². The van der Waals surface area contributed by atoms with Gasteiger partial charge < -0.3 is 0 Å². The Morgan fingerprint density at radius 3 is 2.62 bits per heavy atom. The van der Waals surface area contributed by atoms with Crippen molar-refractivity contribution in [3.63, 3.8) is 0 Å². The van der Waals surface area contributed by atoms with Gasteiger partial charge in [-0.05, 0) is 34.5 Å². The predicted octanol–water partition coefficient (Wildman–Crippen LogP) is 2.92. The highest BCUT2D eigenvalue weighted by Crippen LogP contribution is 2.32. The highest BCUT2D eigenvalue weighted by molar-refractivity contribution is 9.10. The van der Waals surface area contributed by atoms with E-state index < -0.39 is 10.8 Å². The van der Waals surface area contributed by atoms with E-state index in [-0.39, 0.29) is 17.0 Å². The largest absolute Gasteiger partial charge is 0.299 e. The molecule has 0 aromatic heterocycles. The molecule has 1 aliphatic carbocycles. The molecule has 0 N–H and O–H groups in total. The Kier molecular flexibility index (Phi) is 3.60. The van der Waals surface area contributed by atoms with E-state index in [4.69, 9.17) is 0 Å². The maximum Gasteiger partial charge on any atom is 0.136 e. The van der Waals surface area contributed by atoms with Crippen LogP contribution in [-0.4, -0.2) is 15.2 Å². The fraction of sp³-hybridized carbons (Fsp3) is 0.417. The first kappa shape index (κ1) is 12.0. The second-order valence-electron chi connectivity index (χ2n) is 4.06. The fourth-order valence-corrected chi connectivity index (χ4v) is 4.45. The minimum atomic E-state index is -1.09. The number of hydrogen-bond acceptors (Lipinski definition) is 2. The van der Waals surface area contributed by atoms with Crippen LogP contribution in [0.1, 0.15) is 19.8 Å². The summed E-state index contributed by atoms with van der Waals surface area (Å²) < 4.78 is 13.2. The number of benzene rings is 1. The van der Waals surface area contributed by atoms with E-state index in [9.17, 15) is 9.00 Å². The Morgan fingerprint density at radius 2 is 2.06 bits per heavy atom. The first-order chi connectivity index (χ1) is 7.61. The lowest BCUT2D eigenvalue weighted by Gasteiger charge is -2.14. The van der Waals surface area contributed by atoms with Gasteiger partial charge in [0.05, 0.1) is 15.7 Å². The van der Waals surface area contributed by atoms with Crippen molar-refractivity contribution < 1.29 is 9.00 Å². The quantitative estimate of drug-likeness (QED) is 0.841. The van der Waals surface area contributed by atoms with Crippen LogP contribution in [0, 0.1) is 5.92 Å². The Bertz CT molecular complexity index is 444. The number of Topliss-reactive ketones (excluding diaryl/α,β-unsaturated/α-hetero) is 1. The third-order valence-corrected chi connectivity index (χ3v) is 6.01. The highest BCUT2D eigenvalue weighted by Gasteiger charge is 2.35. The zero-order valence-corrected chi connectivity index (χ0v) is 11.4. The van der Waals surface area contributed by atoms with Crippen LogP contribution in [0.3, 0.4) is 0 Å². The van der Waals surface area contributed by atoms with Crippen LogP contribution in [0.5, 0.6) is 0 Å². The Balaban J connectivity index is 2.27. The maximum absolute atomic E-state index is 12.4. The van der Waals surface area contributed by atoms with Gasteiger partial charge in [-0.1, -0.05) is 19.1 Å². The highest BCUT2D eigenvalue weighted by atomic mass is 79.9. The number of rotatable bonds is 2. The summed E-state index contributed by atoms with van der Waals surface area (Å²) in [6.07, 6.45) is 1.32. The lowest BCUT2D eigenvalue weighted by atomic mass is 10.1. The summed E-state index contributed by atoms with van der Waals surface area (Å²) in [4.78, 5) is 12.3. The molecule has 0 amide bonds. The molecule has 16 heavy (non-hydrogen) atoms. The fourth-order valence-electron chi connectivity index (χ4n) is 2.03. The molecule has 4 heteroatoms. The topological polar surface area (TPSA) is 34.1 Å². The van der Waals surface area contributed by atoms with Gasteiger partial charge in [0.15, 0.2) is 0 Å². The molecule has 1 fully saturated rings. The molecule has 0 aliphatic heterocycles. The Morgan fingerprint density at radius 1 is 1.38 bits per heavy atom. The number of ketones is 1. The summed E-state index contributed by atoms with van der Waals surface area (Å²) in [6, 6.07) is 7.51. The summed E-state index contributed by atoms with van der Waals surface area (Å²) in [5, 5.41) is -0.0220. The SMILES string of the molecule is CC1C(=O)CCC1S(=O)c1ccccc1Br. The first-order valence-electron chi connectivity index (χ1n) is 5.29. The molecule has 0 bridgehead atoms. The average Bonchev–Trinajstić information content (AvgIpc) is 2.60. The molecule has 1 aliphatic rings.